The molecule has 24 heavy (non-hydrogen) atoms. The van der Waals surface area contributed by atoms with Gasteiger partial charge in [-0.15, -0.1) is 0 Å². The number of benzene rings is 2. The molecule has 0 fully saturated rings. The molecule has 3 rings (SSSR count). The summed E-state index contributed by atoms with van der Waals surface area (Å²) in [5, 5.41) is 12.9. The Morgan fingerprint density at radius 3 is 2.79 bits per heavy atom. The van der Waals surface area contributed by atoms with E-state index in [9.17, 15) is 4.79 Å². The molecule has 0 bridgehead atoms. The number of methoxy groups -OCH3 is 1. The maximum atomic E-state index is 12.4. The molecule has 2 aromatic carbocycles. The van der Waals surface area contributed by atoms with Gasteiger partial charge in [-0.1, -0.05) is 17.7 Å². The summed E-state index contributed by atoms with van der Waals surface area (Å²) < 4.78 is 5.17. The quantitative estimate of drug-likeness (QED) is 0.783. The lowest BCUT2D eigenvalue weighted by Crippen LogP contribution is -2.13. The Morgan fingerprint density at radius 1 is 1.21 bits per heavy atom. The largest absolute Gasteiger partial charge is 0.497 e. The Morgan fingerprint density at radius 2 is 2.04 bits per heavy atom. The molecular formula is C18H12ClN3O2. The van der Waals surface area contributed by atoms with Crippen LogP contribution in [0.1, 0.15) is 16.1 Å². The first-order valence-corrected chi connectivity index (χ1v) is 7.44. The zero-order valence-corrected chi connectivity index (χ0v) is 13.5. The number of nitriles is 1. The molecular weight excluding hydrogens is 326 g/mol. The van der Waals surface area contributed by atoms with Gasteiger partial charge in [0, 0.05) is 11.1 Å². The average Bonchev–Trinajstić information content (AvgIpc) is 2.62. The van der Waals surface area contributed by atoms with Crippen LogP contribution in [0.5, 0.6) is 5.75 Å². The predicted molar refractivity (Wildman–Crippen MR) is 92.4 cm³/mol. The van der Waals surface area contributed by atoms with E-state index in [-0.39, 0.29) is 11.6 Å². The van der Waals surface area contributed by atoms with Crippen molar-refractivity contribution in [2.75, 3.05) is 12.4 Å². The van der Waals surface area contributed by atoms with Gasteiger partial charge in [-0.2, -0.15) is 5.26 Å². The number of carbonyl (C=O) groups excluding carboxylic acids is 1. The molecule has 1 amide bonds. The number of ether oxygens (including phenoxy) is 1. The number of amides is 1. The summed E-state index contributed by atoms with van der Waals surface area (Å²) in [6.07, 6.45) is 0. The van der Waals surface area contributed by atoms with Crippen molar-refractivity contribution < 1.29 is 9.53 Å². The smallest absolute Gasteiger partial charge is 0.274 e. The van der Waals surface area contributed by atoms with E-state index in [0.717, 1.165) is 11.1 Å². The van der Waals surface area contributed by atoms with Crippen LogP contribution in [0.3, 0.4) is 0 Å². The second-order valence-corrected chi connectivity index (χ2v) is 5.42. The van der Waals surface area contributed by atoms with Crippen LogP contribution in [-0.2, 0) is 0 Å². The van der Waals surface area contributed by atoms with Gasteiger partial charge in [0.1, 0.15) is 17.5 Å². The summed E-state index contributed by atoms with van der Waals surface area (Å²) in [6.45, 7) is 0. The van der Waals surface area contributed by atoms with E-state index < -0.39 is 0 Å². The molecule has 0 aliphatic rings. The van der Waals surface area contributed by atoms with E-state index in [0.29, 0.717) is 21.8 Å². The number of halogens is 1. The third-order valence-electron chi connectivity index (χ3n) is 3.47. The third-order valence-corrected chi connectivity index (χ3v) is 3.80. The lowest BCUT2D eigenvalue weighted by atomic mass is 10.2. The van der Waals surface area contributed by atoms with Gasteiger partial charge < -0.3 is 10.1 Å². The van der Waals surface area contributed by atoms with Crippen molar-refractivity contribution in [3.8, 4) is 11.8 Å². The van der Waals surface area contributed by atoms with Gasteiger partial charge in [0.25, 0.3) is 5.91 Å². The fraction of sp³-hybridized carbons (Fsp3) is 0.0556. The number of hydrogen-bond acceptors (Lipinski definition) is 4. The van der Waals surface area contributed by atoms with E-state index in [2.05, 4.69) is 10.3 Å². The Labute approximate surface area is 143 Å². The van der Waals surface area contributed by atoms with Crippen LogP contribution in [0.4, 0.5) is 5.69 Å². The van der Waals surface area contributed by atoms with Crippen molar-refractivity contribution in [2.45, 2.75) is 0 Å². The molecule has 0 radical (unpaired) electrons. The van der Waals surface area contributed by atoms with E-state index in [1.807, 2.05) is 18.2 Å². The van der Waals surface area contributed by atoms with Gasteiger partial charge in [0.15, 0.2) is 0 Å². The number of anilines is 1. The third kappa shape index (κ3) is 3.14. The molecule has 0 aliphatic carbocycles. The van der Waals surface area contributed by atoms with Gasteiger partial charge in [-0.25, -0.2) is 4.98 Å². The summed E-state index contributed by atoms with van der Waals surface area (Å²) in [5.41, 5.74) is 1.75. The Balaban J connectivity index is 1.87. The van der Waals surface area contributed by atoms with Gasteiger partial charge in [-0.05, 0) is 42.5 Å². The molecule has 1 N–H and O–H groups in total. The van der Waals surface area contributed by atoms with Crippen molar-refractivity contribution in [2.24, 2.45) is 0 Å². The highest BCUT2D eigenvalue weighted by atomic mass is 35.5. The van der Waals surface area contributed by atoms with Crippen LogP contribution in [0.2, 0.25) is 5.02 Å². The molecule has 6 heteroatoms. The summed E-state index contributed by atoms with van der Waals surface area (Å²) >= 11 is 5.88. The summed E-state index contributed by atoms with van der Waals surface area (Å²) in [7, 11) is 1.60. The van der Waals surface area contributed by atoms with Crippen molar-refractivity contribution in [3.05, 3.63) is 64.8 Å². The molecule has 118 valence electrons. The molecule has 0 aliphatic heterocycles. The minimum Gasteiger partial charge on any atom is -0.497 e. The molecule has 0 unspecified atom stereocenters. The molecule has 3 aromatic rings. The highest BCUT2D eigenvalue weighted by Crippen LogP contribution is 2.22. The number of aromatic nitrogens is 1. The van der Waals surface area contributed by atoms with Crippen molar-refractivity contribution in [1.82, 2.24) is 4.98 Å². The Bertz CT molecular complexity index is 980. The standard InChI is InChI=1S/C18H12ClN3O2/c1-24-14-4-7-16-11(9-14)2-6-17(22-16)18(23)21-13-3-5-15(19)12(8-13)10-20/h2-9H,1H3,(H,21,23). The summed E-state index contributed by atoms with van der Waals surface area (Å²) in [6, 6.07) is 15.6. The summed E-state index contributed by atoms with van der Waals surface area (Å²) in [5.74, 6) is 0.366. The monoisotopic (exact) mass is 337 g/mol. The number of nitrogens with zero attached hydrogens (tertiary/aromatic N) is 2. The van der Waals surface area contributed by atoms with E-state index in [1.165, 1.54) is 6.07 Å². The number of pyridine rings is 1. The number of fused-ring (bicyclic) bond motifs is 1. The molecule has 0 spiro atoms. The van der Waals surface area contributed by atoms with Crippen LogP contribution >= 0.6 is 11.6 Å². The fourth-order valence-electron chi connectivity index (χ4n) is 2.24. The summed E-state index contributed by atoms with van der Waals surface area (Å²) in [4.78, 5) is 16.7. The minimum absolute atomic E-state index is 0.279. The molecule has 1 heterocycles. The second kappa shape index (κ2) is 6.57. The first-order chi connectivity index (χ1) is 11.6. The SMILES string of the molecule is COc1ccc2nc(C(=O)Nc3ccc(Cl)c(C#N)c3)ccc2c1. The van der Waals surface area contributed by atoms with Crippen LogP contribution < -0.4 is 10.1 Å². The van der Waals surface area contributed by atoms with Crippen LogP contribution in [0.25, 0.3) is 10.9 Å². The van der Waals surface area contributed by atoms with Crippen LogP contribution in [0, 0.1) is 11.3 Å². The molecule has 5 nitrogen and oxygen atoms in total. The van der Waals surface area contributed by atoms with Gasteiger partial charge >= 0.3 is 0 Å². The zero-order valence-electron chi connectivity index (χ0n) is 12.7. The predicted octanol–water partition coefficient (Wildman–Crippen LogP) is 4.02. The van der Waals surface area contributed by atoms with E-state index in [1.54, 1.807) is 37.4 Å². The van der Waals surface area contributed by atoms with E-state index >= 15 is 0 Å². The Kier molecular flexibility index (Phi) is 4.32. The fourth-order valence-corrected chi connectivity index (χ4v) is 2.40. The topological polar surface area (TPSA) is 75.0 Å². The number of carbonyl (C=O) groups is 1. The lowest BCUT2D eigenvalue weighted by molar-refractivity contribution is 0.102. The zero-order chi connectivity index (χ0) is 17.1. The first-order valence-electron chi connectivity index (χ1n) is 7.06. The van der Waals surface area contributed by atoms with Crippen molar-refractivity contribution in [3.63, 3.8) is 0 Å². The van der Waals surface area contributed by atoms with Crippen LogP contribution in [0.15, 0.2) is 48.5 Å². The number of nitrogens with one attached hydrogen (secondary N) is 1. The number of hydrogen-bond donors (Lipinski definition) is 1. The lowest BCUT2D eigenvalue weighted by Gasteiger charge is -2.07. The van der Waals surface area contributed by atoms with Gasteiger partial charge in [0.2, 0.25) is 0 Å². The average molecular weight is 338 g/mol. The number of rotatable bonds is 3. The van der Waals surface area contributed by atoms with E-state index in [4.69, 9.17) is 21.6 Å². The molecule has 0 saturated carbocycles. The maximum Gasteiger partial charge on any atom is 0.274 e. The second-order valence-electron chi connectivity index (χ2n) is 5.02. The molecule has 1 aromatic heterocycles. The highest BCUT2D eigenvalue weighted by molar-refractivity contribution is 6.31. The van der Waals surface area contributed by atoms with Gasteiger partial charge in [0.05, 0.1) is 23.2 Å². The van der Waals surface area contributed by atoms with Crippen molar-refractivity contribution >= 4 is 34.1 Å². The Hall–Kier alpha value is -3.10. The van der Waals surface area contributed by atoms with Crippen LogP contribution in [-0.4, -0.2) is 18.0 Å². The minimum atomic E-state index is -0.362. The maximum absolute atomic E-state index is 12.4. The molecule has 0 atom stereocenters. The normalized spacial score (nSPS) is 10.2. The first kappa shape index (κ1) is 15.8. The van der Waals surface area contributed by atoms with Crippen molar-refractivity contribution in [1.29, 1.82) is 5.26 Å². The van der Waals surface area contributed by atoms with Gasteiger partial charge in [-0.3, -0.25) is 4.79 Å². The molecule has 0 saturated heterocycles. The highest BCUT2D eigenvalue weighted by Gasteiger charge is 2.10.